The van der Waals surface area contributed by atoms with Crippen molar-refractivity contribution in [3.63, 3.8) is 0 Å². The summed E-state index contributed by atoms with van der Waals surface area (Å²) in [5, 5.41) is 20.1. The molecule has 11 nitrogen and oxygen atoms in total. The van der Waals surface area contributed by atoms with Gasteiger partial charge in [0.1, 0.15) is 11.4 Å². The average Bonchev–Trinajstić information content (AvgIpc) is 3.44. The molecule has 33 heavy (non-hydrogen) atoms. The molecular weight excluding hydrogens is 448 g/mol. The van der Waals surface area contributed by atoms with Crippen molar-refractivity contribution in [2.24, 2.45) is 5.10 Å². The largest absolute Gasteiger partial charge is 0.494 e. The van der Waals surface area contributed by atoms with Gasteiger partial charge in [-0.05, 0) is 42.4 Å². The Balaban J connectivity index is 1.74. The van der Waals surface area contributed by atoms with Crippen molar-refractivity contribution in [2.45, 2.75) is 13.8 Å². The molecule has 0 aliphatic rings. The zero-order valence-electron chi connectivity index (χ0n) is 17.7. The SMILES string of the molecule is CCOc1cccc(-c2c(C(=O)N/N=C(/C)c3ccccc3Cl)nnn2-c2nonc2N)c1. The molecule has 4 aromatic rings. The highest BCUT2D eigenvalue weighted by molar-refractivity contribution is 6.34. The second-order valence-corrected chi connectivity index (χ2v) is 7.16. The van der Waals surface area contributed by atoms with E-state index in [4.69, 9.17) is 22.1 Å². The number of nitrogens with two attached hydrogens (primary N) is 1. The standard InChI is InChI=1S/C21H19ClN8O3/c1-3-32-14-8-6-7-13(11-14)18-17(25-29-30(18)20-19(23)27-33-28-20)21(31)26-24-12(2)15-9-4-5-10-16(15)22/h4-11H,3H2,1-2H3,(H2,23,27)(H,26,31)/b24-12-. The van der Waals surface area contributed by atoms with E-state index in [0.29, 0.717) is 39.9 Å². The number of nitrogens with one attached hydrogen (secondary N) is 1. The van der Waals surface area contributed by atoms with Gasteiger partial charge in [-0.3, -0.25) is 4.79 Å². The first-order chi connectivity index (χ1) is 16.0. The summed E-state index contributed by atoms with van der Waals surface area (Å²) in [5.74, 6) is 0.0863. The van der Waals surface area contributed by atoms with Crippen LogP contribution in [0.3, 0.4) is 0 Å². The quantitative estimate of drug-likeness (QED) is 0.312. The van der Waals surface area contributed by atoms with E-state index < -0.39 is 5.91 Å². The molecule has 0 unspecified atom stereocenters. The molecule has 168 valence electrons. The number of hydrogen-bond donors (Lipinski definition) is 2. The number of amides is 1. The van der Waals surface area contributed by atoms with Gasteiger partial charge in [0.2, 0.25) is 11.6 Å². The third-order valence-corrected chi connectivity index (χ3v) is 4.92. The van der Waals surface area contributed by atoms with Crippen molar-refractivity contribution in [1.82, 2.24) is 30.7 Å². The van der Waals surface area contributed by atoms with Crippen LogP contribution in [0, 0.1) is 0 Å². The van der Waals surface area contributed by atoms with E-state index in [-0.39, 0.29) is 17.3 Å². The van der Waals surface area contributed by atoms with Crippen LogP contribution in [0.4, 0.5) is 5.82 Å². The number of carbonyl (C=O) groups is 1. The number of hydrazone groups is 1. The Morgan fingerprint density at radius 1 is 1.24 bits per heavy atom. The molecule has 2 aromatic heterocycles. The van der Waals surface area contributed by atoms with Crippen LogP contribution in [-0.2, 0) is 0 Å². The lowest BCUT2D eigenvalue weighted by molar-refractivity contribution is 0.0950. The van der Waals surface area contributed by atoms with Gasteiger partial charge in [-0.15, -0.1) is 5.10 Å². The van der Waals surface area contributed by atoms with E-state index in [9.17, 15) is 4.79 Å². The molecular formula is C21H19ClN8O3. The van der Waals surface area contributed by atoms with Crippen LogP contribution in [0.2, 0.25) is 5.02 Å². The second-order valence-electron chi connectivity index (χ2n) is 6.75. The number of aromatic nitrogens is 5. The Morgan fingerprint density at radius 2 is 2.06 bits per heavy atom. The number of nitrogens with zero attached hydrogens (tertiary/aromatic N) is 6. The molecule has 0 saturated carbocycles. The van der Waals surface area contributed by atoms with Crippen LogP contribution in [0.1, 0.15) is 29.9 Å². The summed E-state index contributed by atoms with van der Waals surface area (Å²) >= 11 is 6.21. The number of rotatable bonds is 7. The first kappa shape index (κ1) is 22.0. The molecule has 0 saturated heterocycles. The zero-order valence-corrected chi connectivity index (χ0v) is 18.4. The van der Waals surface area contributed by atoms with Gasteiger partial charge < -0.3 is 10.5 Å². The second kappa shape index (κ2) is 9.49. The lowest BCUT2D eigenvalue weighted by Crippen LogP contribution is -2.21. The highest BCUT2D eigenvalue weighted by atomic mass is 35.5. The molecule has 0 radical (unpaired) electrons. The maximum Gasteiger partial charge on any atom is 0.294 e. The summed E-state index contributed by atoms with van der Waals surface area (Å²) in [7, 11) is 0. The van der Waals surface area contributed by atoms with Crippen molar-refractivity contribution in [3.05, 3.63) is 64.8 Å². The molecule has 3 N–H and O–H groups in total. The lowest BCUT2D eigenvalue weighted by atomic mass is 10.1. The normalized spacial score (nSPS) is 11.4. The van der Waals surface area contributed by atoms with Crippen molar-refractivity contribution >= 4 is 29.0 Å². The number of carbonyl (C=O) groups excluding carboxylic acids is 1. The minimum Gasteiger partial charge on any atom is -0.494 e. The Bertz CT molecular complexity index is 1330. The smallest absolute Gasteiger partial charge is 0.294 e. The van der Waals surface area contributed by atoms with Crippen molar-refractivity contribution in [3.8, 4) is 22.8 Å². The first-order valence-electron chi connectivity index (χ1n) is 9.86. The fourth-order valence-electron chi connectivity index (χ4n) is 3.08. The summed E-state index contributed by atoms with van der Waals surface area (Å²) in [6.07, 6.45) is 0. The maximum absolute atomic E-state index is 13.0. The van der Waals surface area contributed by atoms with Crippen LogP contribution >= 0.6 is 11.6 Å². The van der Waals surface area contributed by atoms with Gasteiger partial charge >= 0.3 is 0 Å². The molecule has 0 aliphatic carbocycles. The van der Waals surface area contributed by atoms with Gasteiger partial charge in [0, 0.05) is 16.1 Å². The van der Waals surface area contributed by atoms with E-state index in [1.807, 2.05) is 19.1 Å². The molecule has 12 heteroatoms. The van der Waals surface area contributed by atoms with Crippen LogP contribution in [0.25, 0.3) is 17.1 Å². The van der Waals surface area contributed by atoms with Gasteiger partial charge in [-0.25, -0.2) is 10.1 Å². The van der Waals surface area contributed by atoms with Crippen LogP contribution in [0.5, 0.6) is 5.75 Å². The van der Waals surface area contributed by atoms with Crippen LogP contribution < -0.4 is 15.9 Å². The Kier molecular flexibility index (Phi) is 6.31. The molecule has 0 aliphatic heterocycles. The van der Waals surface area contributed by atoms with Gasteiger partial charge in [0.15, 0.2) is 5.69 Å². The monoisotopic (exact) mass is 466 g/mol. The predicted molar refractivity (Wildman–Crippen MR) is 121 cm³/mol. The first-order valence-corrected chi connectivity index (χ1v) is 10.2. The Labute approximate surface area is 193 Å². The summed E-state index contributed by atoms with van der Waals surface area (Å²) in [6, 6.07) is 14.3. The van der Waals surface area contributed by atoms with Gasteiger partial charge in [0.05, 0.1) is 12.3 Å². The lowest BCUT2D eigenvalue weighted by Gasteiger charge is -2.09. The number of anilines is 1. The molecule has 2 aromatic carbocycles. The molecule has 1 amide bonds. The van der Waals surface area contributed by atoms with Gasteiger partial charge in [-0.1, -0.05) is 47.1 Å². The number of hydrogen-bond acceptors (Lipinski definition) is 9. The maximum atomic E-state index is 13.0. The molecule has 4 rings (SSSR count). The number of halogens is 1. The summed E-state index contributed by atoms with van der Waals surface area (Å²) in [4.78, 5) is 13.0. The Morgan fingerprint density at radius 3 is 2.79 bits per heavy atom. The fourth-order valence-corrected chi connectivity index (χ4v) is 3.35. The van der Waals surface area contributed by atoms with Gasteiger partial charge in [0.25, 0.3) is 5.91 Å². The van der Waals surface area contributed by atoms with E-state index in [0.717, 1.165) is 0 Å². The van der Waals surface area contributed by atoms with Crippen molar-refractivity contribution in [1.29, 1.82) is 0 Å². The molecule has 2 heterocycles. The third kappa shape index (κ3) is 4.53. The van der Waals surface area contributed by atoms with Crippen LogP contribution in [-0.4, -0.2) is 43.5 Å². The summed E-state index contributed by atoms with van der Waals surface area (Å²) in [5.41, 5.74) is 10.4. The summed E-state index contributed by atoms with van der Waals surface area (Å²) in [6.45, 7) is 4.08. The van der Waals surface area contributed by atoms with Gasteiger partial charge in [-0.2, -0.15) is 9.78 Å². The number of nitrogen functional groups attached to an aromatic ring is 1. The topological polar surface area (TPSA) is 146 Å². The van der Waals surface area contributed by atoms with E-state index in [1.165, 1.54) is 4.68 Å². The zero-order chi connectivity index (χ0) is 23.4. The molecule has 0 atom stereocenters. The molecule has 0 spiro atoms. The summed E-state index contributed by atoms with van der Waals surface area (Å²) < 4.78 is 11.5. The minimum absolute atomic E-state index is 0.0123. The van der Waals surface area contributed by atoms with Crippen molar-refractivity contribution in [2.75, 3.05) is 12.3 Å². The van der Waals surface area contributed by atoms with E-state index in [2.05, 4.69) is 35.8 Å². The highest BCUT2D eigenvalue weighted by Gasteiger charge is 2.25. The predicted octanol–water partition coefficient (Wildman–Crippen LogP) is 3.11. The fraction of sp³-hybridized carbons (Fsp3) is 0.143. The average molecular weight is 467 g/mol. The third-order valence-electron chi connectivity index (χ3n) is 4.59. The number of ether oxygens (including phenoxy) is 1. The van der Waals surface area contributed by atoms with E-state index >= 15 is 0 Å². The minimum atomic E-state index is -0.598. The number of benzene rings is 2. The van der Waals surface area contributed by atoms with Crippen molar-refractivity contribution < 1.29 is 14.2 Å². The van der Waals surface area contributed by atoms with Crippen LogP contribution in [0.15, 0.2) is 58.3 Å². The molecule has 0 bridgehead atoms. The van der Waals surface area contributed by atoms with E-state index in [1.54, 1.807) is 43.3 Å². The highest BCUT2D eigenvalue weighted by Crippen LogP contribution is 2.29. The Hall–Kier alpha value is -4.25. The molecule has 0 fully saturated rings.